The monoisotopic (exact) mass is 248 g/mol. The van der Waals surface area contributed by atoms with Crippen LogP contribution in [-0.4, -0.2) is 26.2 Å². The van der Waals surface area contributed by atoms with Crippen molar-refractivity contribution in [2.45, 2.75) is 39.7 Å². The molecule has 0 aromatic heterocycles. The molecule has 0 radical (unpaired) electrons. The summed E-state index contributed by atoms with van der Waals surface area (Å²) in [6, 6.07) is 11.2. The van der Waals surface area contributed by atoms with Gasteiger partial charge in [0, 0.05) is 25.3 Å². The molecule has 2 heteroatoms. The molecule has 0 saturated heterocycles. The molecule has 0 aliphatic rings. The molecule has 0 bridgehead atoms. The first-order valence-electron chi connectivity index (χ1n) is 7.18. The summed E-state index contributed by atoms with van der Waals surface area (Å²) in [7, 11) is 2.18. The Morgan fingerprint density at radius 2 is 1.83 bits per heavy atom. The first-order chi connectivity index (χ1) is 8.69. The minimum atomic E-state index is 0.570. The Balaban J connectivity index is 2.59. The average Bonchev–Trinajstić information content (AvgIpc) is 2.43. The van der Waals surface area contributed by atoms with Gasteiger partial charge in [-0.2, -0.15) is 0 Å². The number of nitrogens with one attached hydrogen (secondary N) is 1. The quantitative estimate of drug-likeness (QED) is 0.757. The van der Waals surface area contributed by atoms with E-state index in [9.17, 15) is 0 Å². The molecule has 0 aliphatic carbocycles. The Labute approximate surface area is 112 Å². The van der Waals surface area contributed by atoms with Crippen molar-refractivity contribution in [3.05, 3.63) is 30.3 Å². The van der Waals surface area contributed by atoms with Crippen LogP contribution in [0.15, 0.2) is 30.3 Å². The summed E-state index contributed by atoms with van der Waals surface area (Å²) in [6.45, 7) is 9.01. The molecular weight excluding hydrogens is 220 g/mol. The first kappa shape index (κ1) is 15.0. The molecule has 0 heterocycles. The van der Waals surface area contributed by atoms with Crippen molar-refractivity contribution >= 4 is 5.69 Å². The van der Waals surface area contributed by atoms with Gasteiger partial charge in [-0.1, -0.05) is 45.4 Å². The zero-order valence-electron chi connectivity index (χ0n) is 12.3. The van der Waals surface area contributed by atoms with Crippen molar-refractivity contribution < 1.29 is 0 Å². The smallest absolute Gasteiger partial charge is 0.0364 e. The van der Waals surface area contributed by atoms with Crippen LogP contribution in [-0.2, 0) is 0 Å². The summed E-state index contributed by atoms with van der Waals surface area (Å²) in [4.78, 5) is 2.35. The topological polar surface area (TPSA) is 15.3 Å². The van der Waals surface area contributed by atoms with E-state index in [-0.39, 0.29) is 0 Å². The Bertz CT molecular complexity index is 310. The number of benzene rings is 1. The van der Waals surface area contributed by atoms with Crippen molar-refractivity contribution in [1.29, 1.82) is 0 Å². The molecule has 1 rings (SSSR count). The maximum Gasteiger partial charge on any atom is 0.0364 e. The van der Waals surface area contributed by atoms with E-state index in [1.807, 2.05) is 0 Å². The van der Waals surface area contributed by atoms with Gasteiger partial charge in [0.15, 0.2) is 0 Å². The number of nitrogens with zero attached hydrogens (tertiary/aromatic N) is 1. The predicted molar refractivity (Wildman–Crippen MR) is 81.2 cm³/mol. The number of hydrogen-bond donors (Lipinski definition) is 1. The third-order valence-electron chi connectivity index (χ3n) is 3.65. The second-order valence-corrected chi connectivity index (χ2v) is 5.16. The van der Waals surface area contributed by atoms with Crippen LogP contribution >= 0.6 is 0 Å². The lowest BCUT2D eigenvalue weighted by Crippen LogP contribution is -2.44. The van der Waals surface area contributed by atoms with Crippen LogP contribution < -0.4 is 10.2 Å². The van der Waals surface area contributed by atoms with Gasteiger partial charge in [0.25, 0.3) is 0 Å². The molecule has 0 amide bonds. The van der Waals surface area contributed by atoms with Crippen LogP contribution in [0.4, 0.5) is 5.69 Å². The fourth-order valence-electron chi connectivity index (χ4n) is 2.14. The fraction of sp³-hybridized carbons (Fsp3) is 0.625. The third-order valence-corrected chi connectivity index (χ3v) is 3.65. The maximum atomic E-state index is 3.68. The Morgan fingerprint density at radius 1 is 1.17 bits per heavy atom. The van der Waals surface area contributed by atoms with E-state index >= 15 is 0 Å². The second kappa shape index (κ2) is 8.15. The Morgan fingerprint density at radius 3 is 2.39 bits per heavy atom. The maximum absolute atomic E-state index is 3.68. The van der Waals surface area contributed by atoms with E-state index in [0.29, 0.717) is 12.0 Å². The fourth-order valence-corrected chi connectivity index (χ4v) is 2.14. The second-order valence-electron chi connectivity index (χ2n) is 5.16. The van der Waals surface area contributed by atoms with Crippen LogP contribution in [0, 0.1) is 5.92 Å². The standard InChI is InChI=1S/C16H28N2/c1-5-12-17-16(14(3)6-2)13-18(4)15-10-8-7-9-11-15/h7-11,14,16-17H,5-6,12-13H2,1-4H3. The summed E-state index contributed by atoms with van der Waals surface area (Å²) in [5.41, 5.74) is 1.30. The van der Waals surface area contributed by atoms with E-state index in [1.54, 1.807) is 0 Å². The van der Waals surface area contributed by atoms with Crippen LogP contribution in [0.25, 0.3) is 0 Å². The predicted octanol–water partition coefficient (Wildman–Crippen LogP) is 3.54. The van der Waals surface area contributed by atoms with Gasteiger partial charge in [-0.25, -0.2) is 0 Å². The molecule has 1 aromatic carbocycles. The van der Waals surface area contributed by atoms with Crippen LogP contribution in [0.1, 0.15) is 33.6 Å². The van der Waals surface area contributed by atoms with Crippen molar-refractivity contribution in [3.63, 3.8) is 0 Å². The molecular formula is C16H28N2. The minimum Gasteiger partial charge on any atom is -0.373 e. The van der Waals surface area contributed by atoms with Gasteiger partial charge < -0.3 is 10.2 Å². The van der Waals surface area contributed by atoms with Gasteiger partial charge in [0.1, 0.15) is 0 Å². The van der Waals surface area contributed by atoms with Crippen LogP contribution in [0.5, 0.6) is 0 Å². The Kier molecular flexibility index (Phi) is 6.81. The SMILES string of the molecule is CCCNC(CN(C)c1ccccc1)C(C)CC. The first-order valence-corrected chi connectivity index (χ1v) is 7.18. The highest BCUT2D eigenvalue weighted by molar-refractivity contribution is 5.45. The highest BCUT2D eigenvalue weighted by atomic mass is 15.1. The summed E-state index contributed by atoms with van der Waals surface area (Å²) in [5.74, 6) is 0.711. The van der Waals surface area contributed by atoms with Crippen molar-refractivity contribution in [3.8, 4) is 0 Å². The molecule has 1 aromatic rings. The summed E-state index contributed by atoms with van der Waals surface area (Å²) >= 11 is 0. The summed E-state index contributed by atoms with van der Waals surface area (Å²) in [6.07, 6.45) is 2.42. The number of rotatable bonds is 8. The highest BCUT2D eigenvalue weighted by Gasteiger charge is 2.17. The lowest BCUT2D eigenvalue weighted by molar-refractivity contribution is 0.370. The minimum absolute atomic E-state index is 0.570. The number of hydrogen-bond acceptors (Lipinski definition) is 2. The van der Waals surface area contributed by atoms with Crippen LogP contribution in [0.3, 0.4) is 0 Å². The zero-order valence-corrected chi connectivity index (χ0v) is 12.3. The summed E-state index contributed by atoms with van der Waals surface area (Å²) in [5, 5.41) is 3.68. The zero-order chi connectivity index (χ0) is 13.4. The van der Waals surface area contributed by atoms with Crippen molar-refractivity contribution in [2.24, 2.45) is 5.92 Å². The van der Waals surface area contributed by atoms with E-state index in [4.69, 9.17) is 0 Å². The number of likely N-dealkylation sites (N-methyl/N-ethyl adjacent to an activating group) is 1. The molecule has 0 spiro atoms. The van der Waals surface area contributed by atoms with E-state index in [0.717, 1.165) is 13.1 Å². The van der Waals surface area contributed by atoms with E-state index in [2.05, 4.69) is 68.4 Å². The molecule has 102 valence electrons. The lowest BCUT2D eigenvalue weighted by Gasteiger charge is -2.30. The molecule has 0 fully saturated rings. The van der Waals surface area contributed by atoms with E-state index < -0.39 is 0 Å². The Hall–Kier alpha value is -1.02. The summed E-state index contributed by atoms with van der Waals surface area (Å²) < 4.78 is 0. The molecule has 2 atom stereocenters. The largest absolute Gasteiger partial charge is 0.373 e. The third kappa shape index (κ3) is 4.69. The van der Waals surface area contributed by atoms with Gasteiger partial charge in [-0.3, -0.25) is 0 Å². The van der Waals surface area contributed by atoms with Gasteiger partial charge >= 0.3 is 0 Å². The number of anilines is 1. The average molecular weight is 248 g/mol. The van der Waals surface area contributed by atoms with Gasteiger partial charge in [-0.05, 0) is 31.0 Å². The van der Waals surface area contributed by atoms with Crippen molar-refractivity contribution in [1.82, 2.24) is 5.32 Å². The van der Waals surface area contributed by atoms with Crippen LogP contribution in [0.2, 0.25) is 0 Å². The molecule has 0 aliphatic heterocycles. The molecule has 1 N–H and O–H groups in total. The highest BCUT2D eigenvalue weighted by Crippen LogP contribution is 2.15. The van der Waals surface area contributed by atoms with Gasteiger partial charge in [0.05, 0.1) is 0 Å². The molecule has 0 saturated carbocycles. The molecule has 2 unspecified atom stereocenters. The molecule has 2 nitrogen and oxygen atoms in total. The van der Waals surface area contributed by atoms with Gasteiger partial charge in [0.2, 0.25) is 0 Å². The normalized spacial score (nSPS) is 14.2. The number of para-hydroxylation sites is 1. The van der Waals surface area contributed by atoms with Gasteiger partial charge in [-0.15, -0.1) is 0 Å². The molecule has 18 heavy (non-hydrogen) atoms. The van der Waals surface area contributed by atoms with E-state index in [1.165, 1.54) is 18.5 Å². The van der Waals surface area contributed by atoms with Crippen molar-refractivity contribution in [2.75, 3.05) is 25.0 Å². The lowest BCUT2D eigenvalue weighted by atomic mass is 9.98.